The van der Waals surface area contributed by atoms with E-state index in [-0.39, 0.29) is 17.0 Å². The van der Waals surface area contributed by atoms with Gasteiger partial charge in [0.2, 0.25) is 0 Å². The number of halogens is 2. The molecule has 128 valence electrons. The maximum Gasteiger partial charge on any atom is 0.121 e. The van der Waals surface area contributed by atoms with Gasteiger partial charge in [-0.15, -0.1) is 17.0 Å². The standard InChI is InChI=1S/C20H17FN2O.BrH/c1-13-20-18(11-15(22-13)10-14-6-4-3-5-7-14)17-9-8-16(24-2)12-19(17)23(20)21;/h3-9,11-12H,10H2,1-2H3;1H. The summed E-state index contributed by atoms with van der Waals surface area (Å²) >= 11 is 0. The van der Waals surface area contributed by atoms with Crippen LogP contribution in [0.4, 0.5) is 4.48 Å². The van der Waals surface area contributed by atoms with Crippen LogP contribution in [0, 0.1) is 6.92 Å². The molecular weight excluding hydrogens is 383 g/mol. The minimum Gasteiger partial charge on any atom is -0.497 e. The number of fused-ring (bicyclic) bond motifs is 3. The first-order valence-electron chi connectivity index (χ1n) is 7.86. The lowest BCUT2D eigenvalue weighted by Crippen LogP contribution is -1.96. The first-order valence-corrected chi connectivity index (χ1v) is 7.86. The average molecular weight is 401 g/mol. The summed E-state index contributed by atoms with van der Waals surface area (Å²) in [6, 6.07) is 17.6. The minimum absolute atomic E-state index is 0. The molecule has 2 heterocycles. The third-order valence-electron chi connectivity index (χ3n) is 4.35. The fraction of sp³-hybridized carbons (Fsp3) is 0.150. The summed E-state index contributed by atoms with van der Waals surface area (Å²) in [6.07, 6.45) is 0.729. The Kier molecular flexibility index (Phi) is 4.77. The zero-order valence-corrected chi connectivity index (χ0v) is 15.7. The zero-order chi connectivity index (χ0) is 16.7. The quantitative estimate of drug-likeness (QED) is 0.459. The highest BCUT2D eigenvalue weighted by Gasteiger charge is 2.15. The van der Waals surface area contributed by atoms with Gasteiger partial charge in [-0.1, -0.05) is 34.8 Å². The molecule has 0 spiro atoms. The Morgan fingerprint density at radius 1 is 1.04 bits per heavy atom. The number of benzene rings is 2. The van der Waals surface area contributed by atoms with Crippen molar-refractivity contribution >= 4 is 38.8 Å². The Hall–Kier alpha value is -2.40. The number of nitrogens with zero attached hydrogens (tertiary/aromatic N) is 2. The number of pyridine rings is 1. The van der Waals surface area contributed by atoms with Crippen LogP contribution in [0.5, 0.6) is 5.75 Å². The van der Waals surface area contributed by atoms with Gasteiger partial charge in [0.1, 0.15) is 11.3 Å². The third kappa shape index (κ3) is 3.00. The summed E-state index contributed by atoms with van der Waals surface area (Å²) in [4.78, 5) is 5.31. The van der Waals surface area contributed by atoms with E-state index in [4.69, 9.17) is 4.74 Å². The van der Waals surface area contributed by atoms with Gasteiger partial charge in [-0.25, -0.2) is 0 Å². The van der Waals surface area contributed by atoms with Crippen LogP contribution in [0.2, 0.25) is 0 Å². The summed E-state index contributed by atoms with van der Waals surface area (Å²) in [5.41, 5.74) is 3.85. The predicted octanol–water partition coefficient (Wildman–Crippen LogP) is 5.41. The van der Waals surface area contributed by atoms with Gasteiger partial charge >= 0.3 is 0 Å². The fourth-order valence-corrected chi connectivity index (χ4v) is 3.23. The number of hydrogen-bond acceptors (Lipinski definition) is 2. The van der Waals surface area contributed by atoms with Gasteiger partial charge in [0, 0.05) is 29.0 Å². The SMILES string of the molecule is Br.COc1ccc2c3cc(Cc4ccccc4)nc(C)c3n(F)c2c1. The number of aryl methyl sites for hydroxylation is 1. The fourth-order valence-electron chi connectivity index (χ4n) is 3.23. The molecule has 0 saturated carbocycles. The summed E-state index contributed by atoms with van der Waals surface area (Å²) in [5.74, 6) is 0.638. The van der Waals surface area contributed by atoms with Crippen molar-refractivity contribution in [2.45, 2.75) is 13.3 Å². The van der Waals surface area contributed by atoms with E-state index in [0.717, 1.165) is 22.9 Å². The van der Waals surface area contributed by atoms with Crippen molar-refractivity contribution in [2.24, 2.45) is 0 Å². The smallest absolute Gasteiger partial charge is 0.121 e. The normalized spacial score (nSPS) is 10.8. The zero-order valence-electron chi connectivity index (χ0n) is 14.0. The molecule has 0 atom stereocenters. The van der Waals surface area contributed by atoms with Gasteiger partial charge in [-0.05, 0) is 30.7 Å². The molecule has 5 heteroatoms. The summed E-state index contributed by atoms with van der Waals surface area (Å²) in [7, 11) is 1.58. The van der Waals surface area contributed by atoms with E-state index >= 15 is 0 Å². The minimum atomic E-state index is 0. The molecule has 0 N–H and O–H groups in total. The van der Waals surface area contributed by atoms with Crippen LogP contribution in [-0.4, -0.2) is 16.9 Å². The topological polar surface area (TPSA) is 27.1 Å². The van der Waals surface area contributed by atoms with Crippen molar-refractivity contribution < 1.29 is 9.22 Å². The largest absolute Gasteiger partial charge is 0.497 e. The lowest BCUT2D eigenvalue weighted by molar-refractivity contribution is 0.399. The van der Waals surface area contributed by atoms with Crippen molar-refractivity contribution in [1.82, 2.24) is 9.77 Å². The Bertz CT molecular complexity index is 1040. The van der Waals surface area contributed by atoms with Gasteiger partial charge < -0.3 is 4.74 Å². The predicted molar refractivity (Wildman–Crippen MR) is 105 cm³/mol. The van der Waals surface area contributed by atoms with Gasteiger partial charge in [0.15, 0.2) is 0 Å². The summed E-state index contributed by atoms with van der Waals surface area (Å²) in [6.45, 7) is 1.85. The molecule has 0 fully saturated rings. The lowest BCUT2D eigenvalue weighted by atomic mass is 10.1. The summed E-state index contributed by atoms with van der Waals surface area (Å²) < 4.78 is 20.0. The van der Waals surface area contributed by atoms with Gasteiger partial charge in [0.05, 0.1) is 18.3 Å². The van der Waals surface area contributed by atoms with Crippen LogP contribution in [-0.2, 0) is 6.42 Å². The number of ether oxygens (including phenoxy) is 1. The van der Waals surface area contributed by atoms with Crippen molar-refractivity contribution in [3.05, 3.63) is 71.5 Å². The van der Waals surface area contributed by atoms with Gasteiger partial charge in [-0.3, -0.25) is 4.98 Å². The molecule has 0 saturated heterocycles. The molecule has 4 aromatic rings. The van der Waals surface area contributed by atoms with Crippen LogP contribution >= 0.6 is 17.0 Å². The van der Waals surface area contributed by atoms with Crippen LogP contribution in [0.15, 0.2) is 54.6 Å². The lowest BCUT2D eigenvalue weighted by Gasteiger charge is -2.05. The first-order chi connectivity index (χ1) is 11.7. The molecule has 4 rings (SSSR count). The highest BCUT2D eigenvalue weighted by atomic mass is 79.9. The highest BCUT2D eigenvalue weighted by molar-refractivity contribution is 8.93. The maximum absolute atomic E-state index is 14.8. The van der Waals surface area contributed by atoms with Crippen LogP contribution in [0.1, 0.15) is 17.0 Å². The van der Waals surface area contributed by atoms with Crippen LogP contribution in [0.25, 0.3) is 21.8 Å². The van der Waals surface area contributed by atoms with Crippen molar-refractivity contribution in [3.63, 3.8) is 0 Å². The van der Waals surface area contributed by atoms with Crippen LogP contribution in [0.3, 0.4) is 0 Å². The molecule has 0 radical (unpaired) electrons. The molecule has 0 unspecified atom stereocenters. The molecule has 0 aliphatic carbocycles. The van der Waals surface area contributed by atoms with Crippen LogP contribution < -0.4 is 4.74 Å². The van der Waals surface area contributed by atoms with Gasteiger partial charge in [0.25, 0.3) is 0 Å². The first kappa shape index (κ1) is 17.4. The summed E-state index contributed by atoms with van der Waals surface area (Å²) in [5, 5.41) is 1.75. The molecule has 0 aliphatic rings. The second kappa shape index (κ2) is 6.84. The van der Waals surface area contributed by atoms with E-state index in [0.29, 0.717) is 27.3 Å². The van der Waals surface area contributed by atoms with E-state index in [1.54, 1.807) is 13.2 Å². The molecule has 3 nitrogen and oxygen atoms in total. The van der Waals surface area contributed by atoms with Crippen molar-refractivity contribution in [3.8, 4) is 5.75 Å². The van der Waals surface area contributed by atoms with E-state index in [2.05, 4.69) is 17.1 Å². The second-order valence-electron chi connectivity index (χ2n) is 5.92. The van der Waals surface area contributed by atoms with E-state index in [9.17, 15) is 4.48 Å². The Morgan fingerprint density at radius 3 is 2.52 bits per heavy atom. The number of aromatic nitrogens is 2. The maximum atomic E-state index is 14.8. The van der Waals surface area contributed by atoms with E-state index in [1.807, 2.05) is 43.3 Å². The monoisotopic (exact) mass is 400 g/mol. The Labute approximate surface area is 155 Å². The Morgan fingerprint density at radius 2 is 1.80 bits per heavy atom. The molecule has 0 aliphatic heterocycles. The highest BCUT2D eigenvalue weighted by Crippen LogP contribution is 2.33. The molecule has 2 aromatic carbocycles. The number of rotatable bonds is 3. The Balaban J connectivity index is 0.00000182. The third-order valence-corrected chi connectivity index (χ3v) is 4.35. The van der Waals surface area contributed by atoms with Crippen molar-refractivity contribution in [1.29, 1.82) is 0 Å². The van der Waals surface area contributed by atoms with E-state index < -0.39 is 0 Å². The molecule has 0 bridgehead atoms. The molecule has 2 aromatic heterocycles. The molecular formula is C20H18BrFN2O. The van der Waals surface area contributed by atoms with Crippen molar-refractivity contribution in [2.75, 3.05) is 7.11 Å². The number of hydrogen-bond donors (Lipinski definition) is 0. The molecule has 0 amide bonds. The number of methoxy groups -OCH3 is 1. The molecule has 25 heavy (non-hydrogen) atoms. The average Bonchev–Trinajstić information content (AvgIpc) is 2.88. The van der Waals surface area contributed by atoms with E-state index in [1.165, 1.54) is 5.56 Å². The van der Waals surface area contributed by atoms with Gasteiger partial charge in [-0.2, -0.15) is 4.79 Å². The second-order valence-corrected chi connectivity index (χ2v) is 5.92.